The first-order chi connectivity index (χ1) is 12.8. The summed E-state index contributed by atoms with van der Waals surface area (Å²) in [7, 11) is 1.66. The Kier molecular flexibility index (Phi) is 6.14. The maximum Gasteiger partial charge on any atom is 0.207 e. The van der Waals surface area contributed by atoms with Crippen molar-refractivity contribution in [3.8, 4) is 11.8 Å². The summed E-state index contributed by atoms with van der Waals surface area (Å²) in [6.45, 7) is 1.03. The van der Waals surface area contributed by atoms with E-state index in [0.717, 1.165) is 28.0 Å². The quantitative estimate of drug-likeness (QED) is 0.651. The maximum atomic E-state index is 8.93. The SMILES string of the molecule is COCCc1nsc(Nc2ccc(OCc3cccc(C#N)c3)cc2)n1. The van der Waals surface area contributed by atoms with Crippen molar-refractivity contribution >= 4 is 22.4 Å². The Balaban J connectivity index is 1.54. The molecule has 1 aromatic heterocycles. The van der Waals surface area contributed by atoms with Gasteiger partial charge >= 0.3 is 0 Å². The molecule has 0 aliphatic heterocycles. The van der Waals surface area contributed by atoms with Crippen LogP contribution in [0.2, 0.25) is 0 Å². The van der Waals surface area contributed by atoms with Gasteiger partial charge in [0.25, 0.3) is 0 Å². The lowest BCUT2D eigenvalue weighted by molar-refractivity contribution is 0.201. The summed E-state index contributed by atoms with van der Waals surface area (Å²) >= 11 is 1.32. The molecule has 132 valence electrons. The van der Waals surface area contributed by atoms with Crippen molar-refractivity contribution in [3.63, 3.8) is 0 Å². The molecule has 0 spiro atoms. The van der Waals surface area contributed by atoms with E-state index in [9.17, 15) is 0 Å². The summed E-state index contributed by atoms with van der Waals surface area (Å²) in [6.07, 6.45) is 0.703. The molecule has 0 bridgehead atoms. The third-order valence-corrected chi connectivity index (χ3v) is 4.23. The van der Waals surface area contributed by atoms with Crippen molar-refractivity contribution in [2.45, 2.75) is 13.0 Å². The molecule has 0 aliphatic carbocycles. The van der Waals surface area contributed by atoms with Gasteiger partial charge in [0.05, 0.1) is 18.2 Å². The van der Waals surface area contributed by atoms with Gasteiger partial charge in [-0.1, -0.05) is 12.1 Å². The van der Waals surface area contributed by atoms with E-state index in [2.05, 4.69) is 20.7 Å². The second kappa shape index (κ2) is 8.94. The molecule has 7 heteroatoms. The fourth-order valence-electron chi connectivity index (χ4n) is 2.25. The van der Waals surface area contributed by atoms with E-state index in [1.165, 1.54) is 11.5 Å². The first-order valence-electron chi connectivity index (χ1n) is 8.07. The van der Waals surface area contributed by atoms with Gasteiger partial charge in [-0.15, -0.1) is 0 Å². The molecule has 0 unspecified atom stereocenters. The van der Waals surface area contributed by atoms with Gasteiger partial charge in [0.15, 0.2) is 0 Å². The van der Waals surface area contributed by atoms with Crippen molar-refractivity contribution in [1.29, 1.82) is 5.26 Å². The highest BCUT2D eigenvalue weighted by atomic mass is 32.1. The van der Waals surface area contributed by atoms with Crippen molar-refractivity contribution in [3.05, 3.63) is 65.5 Å². The highest BCUT2D eigenvalue weighted by molar-refractivity contribution is 7.09. The number of ether oxygens (including phenoxy) is 2. The molecule has 26 heavy (non-hydrogen) atoms. The van der Waals surface area contributed by atoms with Crippen LogP contribution >= 0.6 is 11.5 Å². The minimum absolute atomic E-state index is 0.418. The van der Waals surface area contributed by atoms with E-state index in [0.29, 0.717) is 25.2 Å². The number of nitrogens with one attached hydrogen (secondary N) is 1. The van der Waals surface area contributed by atoms with Gasteiger partial charge in [-0.25, -0.2) is 4.98 Å². The van der Waals surface area contributed by atoms with E-state index in [4.69, 9.17) is 14.7 Å². The van der Waals surface area contributed by atoms with E-state index >= 15 is 0 Å². The lowest BCUT2D eigenvalue weighted by Crippen LogP contribution is -1.97. The van der Waals surface area contributed by atoms with Crippen LogP contribution in [0, 0.1) is 11.3 Å². The Bertz CT molecular complexity index is 887. The molecule has 0 saturated carbocycles. The Hall–Kier alpha value is -2.95. The van der Waals surface area contributed by atoms with Gasteiger partial charge in [0.1, 0.15) is 18.2 Å². The van der Waals surface area contributed by atoms with Crippen LogP contribution in [0.15, 0.2) is 48.5 Å². The number of hydrogen-bond acceptors (Lipinski definition) is 7. The molecule has 3 aromatic rings. The van der Waals surface area contributed by atoms with Crippen LogP contribution in [0.1, 0.15) is 17.0 Å². The van der Waals surface area contributed by atoms with Gasteiger partial charge in [0.2, 0.25) is 5.13 Å². The fourth-order valence-corrected chi connectivity index (χ4v) is 2.89. The lowest BCUT2D eigenvalue weighted by Gasteiger charge is -2.08. The van der Waals surface area contributed by atoms with Gasteiger partial charge in [-0.05, 0) is 42.0 Å². The number of hydrogen-bond donors (Lipinski definition) is 1. The summed E-state index contributed by atoms with van der Waals surface area (Å²) in [5.41, 5.74) is 2.51. The predicted molar refractivity (Wildman–Crippen MR) is 101 cm³/mol. The average molecular weight is 366 g/mol. The summed E-state index contributed by atoms with van der Waals surface area (Å²) in [5.74, 6) is 1.54. The topological polar surface area (TPSA) is 80.1 Å². The number of benzene rings is 2. The van der Waals surface area contributed by atoms with Crippen molar-refractivity contribution < 1.29 is 9.47 Å². The molecule has 1 heterocycles. The molecule has 1 N–H and O–H groups in total. The van der Waals surface area contributed by atoms with Crippen LogP contribution in [-0.4, -0.2) is 23.1 Å². The third-order valence-electron chi connectivity index (χ3n) is 3.57. The van der Waals surface area contributed by atoms with Crippen molar-refractivity contribution in [1.82, 2.24) is 9.36 Å². The second-order valence-electron chi connectivity index (χ2n) is 5.51. The number of anilines is 2. The largest absolute Gasteiger partial charge is 0.489 e. The van der Waals surface area contributed by atoms with Crippen LogP contribution in [-0.2, 0) is 17.8 Å². The highest BCUT2D eigenvalue weighted by Crippen LogP contribution is 2.22. The molecule has 3 rings (SSSR count). The molecule has 0 radical (unpaired) electrons. The standard InChI is InChI=1S/C19H18N4O2S/c1-24-10-9-18-22-19(26-23-18)21-16-5-7-17(8-6-16)25-13-15-4-2-3-14(11-15)12-20/h2-8,11H,9-10,13H2,1H3,(H,21,22,23). The number of methoxy groups -OCH3 is 1. The number of aromatic nitrogens is 2. The normalized spacial score (nSPS) is 10.3. The van der Waals surface area contributed by atoms with Gasteiger partial charge < -0.3 is 14.8 Å². The van der Waals surface area contributed by atoms with Crippen LogP contribution in [0.5, 0.6) is 5.75 Å². The smallest absolute Gasteiger partial charge is 0.207 e. The first-order valence-corrected chi connectivity index (χ1v) is 8.84. The fraction of sp³-hybridized carbons (Fsp3) is 0.211. The molecule has 0 atom stereocenters. The van der Waals surface area contributed by atoms with E-state index in [1.807, 2.05) is 42.5 Å². The zero-order valence-electron chi connectivity index (χ0n) is 14.3. The summed E-state index contributed by atoms with van der Waals surface area (Å²) in [5, 5.41) is 12.9. The van der Waals surface area contributed by atoms with Crippen LogP contribution in [0.25, 0.3) is 0 Å². The highest BCUT2D eigenvalue weighted by Gasteiger charge is 2.05. The third kappa shape index (κ3) is 5.02. The molecule has 0 aliphatic rings. The minimum Gasteiger partial charge on any atom is -0.489 e. The van der Waals surface area contributed by atoms with Crippen LogP contribution < -0.4 is 10.1 Å². The minimum atomic E-state index is 0.418. The number of nitrogens with zero attached hydrogens (tertiary/aromatic N) is 3. The molecule has 0 amide bonds. The number of rotatable bonds is 8. The first kappa shape index (κ1) is 17.9. The van der Waals surface area contributed by atoms with Crippen LogP contribution in [0.4, 0.5) is 10.8 Å². The summed E-state index contributed by atoms with van der Waals surface area (Å²) in [4.78, 5) is 4.42. The van der Waals surface area contributed by atoms with Crippen molar-refractivity contribution in [2.24, 2.45) is 0 Å². The average Bonchev–Trinajstić information content (AvgIpc) is 3.13. The zero-order valence-corrected chi connectivity index (χ0v) is 15.1. The Morgan fingerprint density at radius 1 is 1.19 bits per heavy atom. The molecule has 0 saturated heterocycles. The second-order valence-corrected chi connectivity index (χ2v) is 6.26. The maximum absolute atomic E-state index is 8.93. The summed E-state index contributed by atoms with van der Waals surface area (Å²) < 4.78 is 15.1. The Morgan fingerprint density at radius 2 is 2.04 bits per heavy atom. The molecule has 0 fully saturated rings. The van der Waals surface area contributed by atoms with Gasteiger partial charge in [-0.3, -0.25) is 0 Å². The van der Waals surface area contributed by atoms with Gasteiger partial charge in [0, 0.05) is 30.8 Å². The Labute approximate surface area is 156 Å². The molecule has 2 aromatic carbocycles. The lowest BCUT2D eigenvalue weighted by atomic mass is 10.1. The monoisotopic (exact) mass is 366 g/mol. The van der Waals surface area contributed by atoms with E-state index in [1.54, 1.807) is 13.2 Å². The van der Waals surface area contributed by atoms with Crippen molar-refractivity contribution in [2.75, 3.05) is 19.0 Å². The van der Waals surface area contributed by atoms with Crippen LogP contribution in [0.3, 0.4) is 0 Å². The van der Waals surface area contributed by atoms with Gasteiger partial charge in [-0.2, -0.15) is 9.64 Å². The van der Waals surface area contributed by atoms with E-state index < -0.39 is 0 Å². The zero-order chi connectivity index (χ0) is 18.2. The molecular weight excluding hydrogens is 348 g/mol. The molecule has 6 nitrogen and oxygen atoms in total. The van der Waals surface area contributed by atoms with E-state index in [-0.39, 0.29) is 0 Å². The summed E-state index contributed by atoms with van der Waals surface area (Å²) in [6, 6.07) is 17.2. The number of nitriles is 1. The molecular formula is C19H18N4O2S. The Morgan fingerprint density at radius 3 is 2.81 bits per heavy atom. The predicted octanol–water partition coefficient (Wildman–Crippen LogP) is 3.92.